The fraction of sp³-hybridized carbons (Fsp3) is 0.625. The van der Waals surface area contributed by atoms with Crippen molar-refractivity contribution < 1.29 is 9.13 Å². The minimum atomic E-state index is -0.173. The first kappa shape index (κ1) is 14.9. The number of hydrogen-bond acceptors (Lipinski definition) is 4. The van der Waals surface area contributed by atoms with Crippen molar-refractivity contribution in [2.24, 2.45) is 5.73 Å². The molecule has 2 heterocycles. The van der Waals surface area contributed by atoms with Gasteiger partial charge in [0, 0.05) is 32.7 Å². The van der Waals surface area contributed by atoms with Crippen LogP contribution in [-0.4, -0.2) is 61.3 Å². The van der Waals surface area contributed by atoms with Gasteiger partial charge in [0.05, 0.1) is 12.2 Å². The van der Waals surface area contributed by atoms with Crippen LogP contribution in [-0.2, 0) is 11.3 Å². The van der Waals surface area contributed by atoms with E-state index in [1.165, 1.54) is 12.1 Å². The van der Waals surface area contributed by atoms with E-state index in [9.17, 15) is 4.39 Å². The number of rotatable bonds is 5. The van der Waals surface area contributed by atoms with Gasteiger partial charge < -0.3 is 10.5 Å². The van der Waals surface area contributed by atoms with E-state index < -0.39 is 0 Å². The highest BCUT2D eigenvalue weighted by Crippen LogP contribution is 2.21. The third kappa shape index (κ3) is 4.01. The Hall–Kier alpha value is -1.01. The van der Waals surface area contributed by atoms with Gasteiger partial charge in [-0.05, 0) is 37.2 Å². The Balaban J connectivity index is 1.54. The minimum Gasteiger partial charge on any atom is -0.370 e. The molecule has 2 aliphatic heterocycles. The molecule has 0 amide bonds. The summed E-state index contributed by atoms with van der Waals surface area (Å²) < 4.78 is 19.0. The summed E-state index contributed by atoms with van der Waals surface area (Å²) >= 11 is 0. The zero-order valence-corrected chi connectivity index (χ0v) is 12.4. The Morgan fingerprint density at radius 3 is 2.29 bits per heavy atom. The van der Waals surface area contributed by atoms with Crippen LogP contribution in [0, 0.1) is 5.82 Å². The molecule has 0 saturated carbocycles. The number of benzene rings is 1. The number of morpholine rings is 2. The number of nitrogens with zero attached hydrogens (tertiary/aromatic N) is 2. The summed E-state index contributed by atoms with van der Waals surface area (Å²) in [6.07, 6.45) is 1.63. The van der Waals surface area contributed by atoms with Crippen molar-refractivity contribution in [1.82, 2.24) is 9.80 Å². The van der Waals surface area contributed by atoms with Crippen LogP contribution in [0.25, 0.3) is 0 Å². The second kappa shape index (κ2) is 6.83. The summed E-state index contributed by atoms with van der Waals surface area (Å²) in [6.45, 7) is 6.60. The molecule has 1 aromatic rings. The lowest BCUT2D eigenvalue weighted by Crippen LogP contribution is -2.59. The van der Waals surface area contributed by atoms with Crippen molar-refractivity contribution in [2.75, 3.05) is 39.3 Å². The van der Waals surface area contributed by atoms with E-state index >= 15 is 0 Å². The predicted octanol–water partition coefficient (Wildman–Crippen LogP) is 1.06. The molecule has 4 nitrogen and oxygen atoms in total. The fourth-order valence-electron chi connectivity index (χ4n) is 3.34. The maximum absolute atomic E-state index is 12.9. The summed E-state index contributed by atoms with van der Waals surface area (Å²) in [7, 11) is 0. The molecule has 0 radical (unpaired) electrons. The van der Waals surface area contributed by atoms with E-state index in [2.05, 4.69) is 9.80 Å². The largest absolute Gasteiger partial charge is 0.370 e. The van der Waals surface area contributed by atoms with Crippen molar-refractivity contribution >= 4 is 0 Å². The van der Waals surface area contributed by atoms with Gasteiger partial charge in [-0.15, -0.1) is 0 Å². The molecule has 2 aliphatic rings. The number of hydrogen-bond donors (Lipinski definition) is 1. The molecular formula is C16H24FN3O. The zero-order chi connectivity index (χ0) is 14.7. The molecular weight excluding hydrogens is 269 g/mol. The maximum Gasteiger partial charge on any atom is 0.123 e. The quantitative estimate of drug-likeness (QED) is 0.881. The molecule has 0 aromatic heterocycles. The maximum atomic E-state index is 12.9. The normalized spacial score (nSPS) is 27.0. The summed E-state index contributed by atoms with van der Waals surface area (Å²) in [5.74, 6) is -0.173. The van der Waals surface area contributed by atoms with Crippen molar-refractivity contribution in [2.45, 2.75) is 25.2 Å². The van der Waals surface area contributed by atoms with Crippen LogP contribution in [0.4, 0.5) is 4.39 Å². The van der Waals surface area contributed by atoms with Gasteiger partial charge in [0.2, 0.25) is 0 Å². The van der Waals surface area contributed by atoms with Crippen LogP contribution in [0.2, 0.25) is 0 Å². The molecule has 0 spiro atoms. The molecule has 2 unspecified atom stereocenters. The summed E-state index contributed by atoms with van der Waals surface area (Å²) in [6, 6.07) is 6.80. The molecule has 2 saturated heterocycles. The highest BCUT2D eigenvalue weighted by molar-refractivity contribution is 5.16. The third-order valence-corrected chi connectivity index (χ3v) is 4.23. The topological polar surface area (TPSA) is 41.7 Å². The highest BCUT2D eigenvalue weighted by Gasteiger charge is 2.34. The Kier molecular flexibility index (Phi) is 4.85. The van der Waals surface area contributed by atoms with Crippen LogP contribution < -0.4 is 5.73 Å². The summed E-state index contributed by atoms with van der Waals surface area (Å²) in [4.78, 5) is 4.90. The number of fused-ring (bicyclic) bond motifs is 2. The van der Waals surface area contributed by atoms with E-state index in [0.717, 1.165) is 57.8 Å². The highest BCUT2D eigenvalue weighted by atomic mass is 19.1. The number of ether oxygens (including phenoxy) is 1. The molecule has 2 fully saturated rings. The Labute approximate surface area is 125 Å². The van der Waals surface area contributed by atoms with Crippen LogP contribution in [0.3, 0.4) is 0 Å². The van der Waals surface area contributed by atoms with Gasteiger partial charge >= 0.3 is 0 Å². The van der Waals surface area contributed by atoms with Gasteiger partial charge in [0.1, 0.15) is 5.82 Å². The van der Waals surface area contributed by atoms with Crippen molar-refractivity contribution in [1.29, 1.82) is 0 Å². The molecule has 3 rings (SSSR count). The fourth-order valence-corrected chi connectivity index (χ4v) is 3.34. The molecule has 2 N–H and O–H groups in total. The zero-order valence-electron chi connectivity index (χ0n) is 12.4. The smallest absolute Gasteiger partial charge is 0.123 e. The van der Waals surface area contributed by atoms with E-state index in [0.29, 0.717) is 0 Å². The van der Waals surface area contributed by atoms with E-state index in [4.69, 9.17) is 10.5 Å². The van der Waals surface area contributed by atoms with E-state index in [-0.39, 0.29) is 18.0 Å². The lowest BCUT2D eigenvalue weighted by atomic mass is 10.1. The van der Waals surface area contributed by atoms with Gasteiger partial charge in [-0.2, -0.15) is 0 Å². The van der Waals surface area contributed by atoms with Gasteiger partial charge in [0.25, 0.3) is 0 Å². The standard InChI is InChI=1S/C16H24FN3O/c17-14-4-2-13(3-5-14)8-20-11-15-9-19(7-1-6-18)10-16(12-20)21-15/h2-5,15-16H,1,6-12,18H2. The minimum absolute atomic E-state index is 0.173. The van der Waals surface area contributed by atoms with Gasteiger partial charge in [-0.1, -0.05) is 12.1 Å². The first-order valence-electron chi connectivity index (χ1n) is 7.77. The average molecular weight is 293 g/mol. The Bertz CT molecular complexity index is 439. The Morgan fingerprint density at radius 1 is 1.05 bits per heavy atom. The molecule has 116 valence electrons. The second-order valence-corrected chi connectivity index (χ2v) is 6.10. The molecule has 21 heavy (non-hydrogen) atoms. The van der Waals surface area contributed by atoms with Gasteiger partial charge in [0.15, 0.2) is 0 Å². The average Bonchev–Trinajstić information content (AvgIpc) is 2.47. The van der Waals surface area contributed by atoms with Crippen molar-refractivity contribution in [3.05, 3.63) is 35.6 Å². The van der Waals surface area contributed by atoms with Crippen LogP contribution in [0.5, 0.6) is 0 Å². The first-order chi connectivity index (χ1) is 10.2. The molecule has 2 bridgehead atoms. The lowest BCUT2D eigenvalue weighted by Gasteiger charge is -2.46. The summed E-state index contributed by atoms with van der Waals surface area (Å²) in [5, 5.41) is 0. The van der Waals surface area contributed by atoms with Crippen LogP contribution in [0.15, 0.2) is 24.3 Å². The third-order valence-electron chi connectivity index (χ3n) is 4.23. The van der Waals surface area contributed by atoms with Crippen molar-refractivity contribution in [3.8, 4) is 0 Å². The SMILES string of the molecule is NCCCN1CC2CN(Cc3ccc(F)cc3)CC(C1)O2. The van der Waals surface area contributed by atoms with E-state index in [1.54, 1.807) is 0 Å². The number of nitrogens with two attached hydrogens (primary N) is 1. The predicted molar refractivity (Wildman–Crippen MR) is 80.4 cm³/mol. The van der Waals surface area contributed by atoms with E-state index in [1.807, 2.05) is 12.1 Å². The van der Waals surface area contributed by atoms with Crippen LogP contribution in [0.1, 0.15) is 12.0 Å². The molecule has 0 aliphatic carbocycles. The molecule has 5 heteroatoms. The first-order valence-corrected chi connectivity index (χ1v) is 7.77. The lowest BCUT2D eigenvalue weighted by molar-refractivity contribution is -0.140. The Morgan fingerprint density at radius 2 is 1.67 bits per heavy atom. The second-order valence-electron chi connectivity index (χ2n) is 6.10. The van der Waals surface area contributed by atoms with Crippen molar-refractivity contribution in [3.63, 3.8) is 0 Å². The molecule has 1 aromatic carbocycles. The van der Waals surface area contributed by atoms with Crippen LogP contribution >= 0.6 is 0 Å². The number of halogens is 1. The monoisotopic (exact) mass is 293 g/mol. The molecule has 2 atom stereocenters. The summed E-state index contributed by atoms with van der Waals surface area (Å²) in [5.41, 5.74) is 6.75. The van der Waals surface area contributed by atoms with Gasteiger partial charge in [-0.25, -0.2) is 4.39 Å². The van der Waals surface area contributed by atoms with Gasteiger partial charge in [-0.3, -0.25) is 9.80 Å².